The predicted molar refractivity (Wildman–Crippen MR) is 102 cm³/mol. The maximum absolute atomic E-state index is 12.7. The molecule has 1 heterocycles. The molecule has 0 spiro atoms. The van der Waals surface area contributed by atoms with Crippen LogP contribution in [0.2, 0.25) is 0 Å². The van der Waals surface area contributed by atoms with E-state index in [-0.39, 0.29) is 18.2 Å². The smallest absolute Gasteiger partial charge is 0.375 e. The fourth-order valence-electron chi connectivity index (χ4n) is 2.83. The monoisotopic (exact) mass is 366 g/mol. The summed E-state index contributed by atoms with van der Waals surface area (Å²) in [6, 6.07) is 14.5. The van der Waals surface area contributed by atoms with E-state index in [2.05, 4.69) is 0 Å². The molecule has 27 heavy (non-hydrogen) atoms. The van der Waals surface area contributed by atoms with E-state index in [1.54, 1.807) is 25.1 Å². The van der Waals surface area contributed by atoms with E-state index >= 15 is 0 Å². The Morgan fingerprint density at radius 3 is 2.48 bits per heavy atom. The molecule has 0 radical (unpaired) electrons. The largest absolute Gasteiger partial charge is 0.449 e. The van der Waals surface area contributed by atoms with Crippen molar-refractivity contribution in [3.63, 3.8) is 0 Å². The highest BCUT2D eigenvalue weighted by Crippen LogP contribution is 2.27. The van der Waals surface area contributed by atoms with Gasteiger partial charge in [0.05, 0.1) is 6.61 Å². The van der Waals surface area contributed by atoms with Crippen LogP contribution in [0.15, 0.2) is 52.9 Å². The van der Waals surface area contributed by atoms with Crippen molar-refractivity contribution in [2.45, 2.75) is 33.5 Å². The number of fused-ring (bicyclic) bond motifs is 1. The van der Waals surface area contributed by atoms with Crippen molar-refractivity contribution in [1.29, 1.82) is 0 Å². The van der Waals surface area contributed by atoms with Crippen LogP contribution >= 0.6 is 0 Å². The second kappa shape index (κ2) is 8.18. The molecule has 1 atom stereocenters. The first-order valence-corrected chi connectivity index (χ1v) is 8.91. The van der Waals surface area contributed by atoms with Crippen LogP contribution in [-0.4, -0.2) is 24.5 Å². The maximum Gasteiger partial charge on any atom is 0.375 e. The SMILES string of the molecule is CCOCc1c(C(=O)O[C@@H](C)C(=O)c2ccc(C)cc2)oc2ccccc12. The summed E-state index contributed by atoms with van der Waals surface area (Å²) >= 11 is 0. The first-order valence-electron chi connectivity index (χ1n) is 8.91. The third-order valence-corrected chi connectivity index (χ3v) is 4.32. The third-order valence-electron chi connectivity index (χ3n) is 4.32. The van der Waals surface area contributed by atoms with Gasteiger partial charge in [0.15, 0.2) is 6.10 Å². The van der Waals surface area contributed by atoms with Crippen LogP contribution in [0.4, 0.5) is 0 Å². The standard InChI is InChI=1S/C22H22O5/c1-4-25-13-18-17-7-5-6-8-19(17)27-21(18)22(24)26-15(3)20(23)16-11-9-14(2)10-12-16/h5-12,15H,4,13H2,1-3H3/t15-/m0/s1. The lowest BCUT2D eigenvalue weighted by molar-refractivity contribution is 0.0285. The number of rotatable bonds is 7. The van der Waals surface area contributed by atoms with Crippen LogP contribution < -0.4 is 0 Å². The molecule has 0 saturated heterocycles. The Labute approximate surface area is 157 Å². The lowest BCUT2D eigenvalue weighted by Gasteiger charge is -2.12. The van der Waals surface area contributed by atoms with Crippen LogP contribution in [-0.2, 0) is 16.1 Å². The van der Waals surface area contributed by atoms with E-state index in [1.165, 1.54) is 0 Å². The summed E-state index contributed by atoms with van der Waals surface area (Å²) in [5, 5.41) is 0.801. The molecule has 5 nitrogen and oxygen atoms in total. The number of para-hydroxylation sites is 1. The summed E-state index contributed by atoms with van der Waals surface area (Å²) in [4.78, 5) is 25.2. The summed E-state index contributed by atoms with van der Waals surface area (Å²) in [7, 11) is 0. The molecule has 2 aromatic carbocycles. The molecule has 3 rings (SSSR count). The van der Waals surface area contributed by atoms with Gasteiger partial charge in [-0.3, -0.25) is 4.79 Å². The number of furan rings is 1. The molecular weight excluding hydrogens is 344 g/mol. The average Bonchev–Trinajstić information content (AvgIpc) is 3.05. The Bertz CT molecular complexity index is 952. The Morgan fingerprint density at radius 2 is 1.78 bits per heavy atom. The van der Waals surface area contributed by atoms with Crippen molar-refractivity contribution in [2.24, 2.45) is 0 Å². The third kappa shape index (κ3) is 4.09. The number of aryl methyl sites for hydroxylation is 1. The summed E-state index contributed by atoms with van der Waals surface area (Å²) in [6.45, 7) is 6.13. The molecule has 0 fully saturated rings. The van der Waals surface area contributed by atoms with Gasteiger partial charge in [0.2, 0.25) is 11.5 Å². The summed E-state index contributed by atoms with van der Waals surface area (Å²) in [5.41, 5.74) is 2.77. The van der Waals surface area contributed by atoms with Gasteiger partial charge in [-0.05, 0) is 26.8 Å². The molecule has 0 saturated carbocycles. The van der Waals surface area contributed by atoms with Crippen LogP contribution in [0.5, 0.6) is 0 Å². The zero-order valence-corrected chi connectivity index (χ0v) is 15.7. The van der Waals surface area contributed by atoms with Gasteiger partial charge in [0.25, 0.3) is 0 Å². The minimum atomic E-state index is -0.923. The van der Waals surface area contributed by atoms with Crippen molar-refractivity contribution in [3.05, 3.63) is 71.0 Å². The fourth-order valence-corrected chi connectivity index (χ4v) is 2.83. The molecule has 0 amide bonds. The first-order chi connectivity index (χ1) is 13.0. The van der Waals surface area contributed by atoms with E-state index in [1.807, 2.05) is 44.2 Å². The number of hydrogen-bond donors (Lipinski definition) is 0. The maximum atomic E-state index is 12.7. The Balaban J connectivity index is 1.82. The van der Waals surface area contributed by atoms with Gasteiger partial charge in [-0.25, -0.2) is 4.79 Å². The van der Waals surface area contributed by atoms with Gasteiger partial charge in [0.1, 0.15) is 5.58 Å². The normalized spacial score (nSPS) is 12.1. The van der Waals surface area contributed by atoms with E-state index in [9.17, 15) is 9.59 Å². The molecule has 5 heteroatoms. The van der Waals surface area contributed by atoms with Gasteiger partial charge in [0, 0.05) is 23.1 Å². The molecule has 0 aliphatic rings. The zero-order chi connectivity index (χ0) is 19.4. The van der Waals surface area contributed by atoms with Crippen LogP contribution in [0.1, 0.15) is 45.9 Å². The van der Waals surface area contributed by atoms with E-state index in [0.29, 0.717) is 23.3 Å². The number of esters is 1. The highest BCUT2D eigenvalue weighted by atomic mass is 16.6. The lowest BCUT2D eigenvalue weighted by atomic mass is 10.1. The molecular formula is C22H22O5. The Morgan fingerprint density at radius 1 is 1.07 bits per heavy atom. The highest BCUT2D eigenvalue weighted by molar-refractivity contribution is 6.02. The number of carbonyl (C=O) groups is 2. The van der Waals surface area contributed by atoms with Crippen molar-refractivity contribution in [3.8, 4) is 0 Å². The molecule has 0 aliphatic heterocycles. The summed E-state index contributed by atoms with van der Waals surface area (Å²) in [6.07, 6.45) is -0.923. The van der Waals surface area contributed by atoms with Crippen LogP contribution in [0.25, 0.3) is 11.0 Å². The Hall–Kier alpha value is -2.92. The van der Waals surface area contributed by atoms with Crippen molar-refractivity contribution in [1.82, 2.24) is 0 Å². The lowest BCUT2D eigenvalue weighted by Crippen LogP contribution is -2.24. The summed E-state index contributed by atoms with van der Waals surface area (Å²) in [5.74, 6) is -0.854. The number of carbonyl (C=O) groups excluding carboxylic acids is 2. The van der Waals surface area contributed by atoms with Gasteiger partial charge in [-0.15, -0.1) is 0 Å². The number of Topliss-reactive ketones (excluding diaryl/α,β-unsaturated/α-hetero) is 1. The Kier molecular flexibility index (Phi) is 5.72. The molecule has 3 aromatic rings. The van der Waals surface area contributed by atoms with Gasteiger partial charge in [-0.2, -0.15) is 0 Å². The topological polar surface area (TPSA) is 65.7 Å². The van der Waals surface area contributed by atoms with Crippen molar-refractivity contribution in [2.75, 3.05) is 6.61 Å². The minimum Gasteiger partial charge on any atom is -0.449 e. The van der Waals surface area contributed by atoms with Crippen LogP contribution in [0.3, 0.4) is 0 Å². The molecule has 140 valence electrons. The highest BCUT2D eigenvalue weighted by Gasteiger charge is 2.26. The van der Waals surface area contributed by atoms with Crippen molar-refractivity contribution >= 4 is 22.7 Å². The number of ether oxygens (including phenoxy) is 2. The number of ketones is 1. The van der Waals surface area contributed by atoms with Gasteiger partial charge >= 0.3 is 5.97 Å². The van der Waals surface area contributed by atoms with Crippen LogP contribution in [0, 0.1) is 6.92 Å². The van der Waals surface area contributed by atoms with E-state index in [0.717, 1.165) is 10.9 Å². The van der Waals surface area contributed by atoms with E-state index < -0.39 is 12.1 Å². The van der Waals surface area contributed by atoms with E-state index in [4.69, 9.17) is 13.9 Å². The van der Waals surface area contributed by atoms with Crippen molar-refractivity contribution < 1.29 is 23.5 Å². The summed E-state index contributed by atoms with van der Waals surface area (Å²) < 4.78 is 16.6. The van der Waals surface area contributed by atoms with Gasteiger partial charge in [-0.1, -0.05) is 48.0 Å². The second-order valence-electron chi connectivity index (χ2n) is 6.32. The predicted octanol–water partition coefficient (Wildman–Crippen LogP) is 4.71. The molecule has 0 unspecified atom stereocenters. The average molecular weight is 366 g/mol. The number of hydrogen-bond acceptors (Lipinski definition) is 5. The molecule has 1 aromatic heterocycles. The molecule has 0 N–H and O–H groups in total. The minimum absolute atomic E-state index is 0.0770. The zero-order valence-electron chi connectivity index (χ0n) is 15.7. The quantitative estimate of drug-likeness (QED) is 0.448. The molecule has 0 bridgehead atoms. The molecule has 0 aliphatic carbocycles. The fraction of sp³-hybridized carbons (Fsp3) is 0.273. The first kappa shape index (κ1) is 18.9. The van der Waals surface area contributed by atoms with Gasteiger partial charge < -0.3 is 13.9 Å². The second-order valence-corrected chi connectivity index (χ2v) is 6.32. The number of benzene rings is 2.